The van der Waals surface area contributed by atoms with Gasteiger partial charge in [-0.3, -0.25) is 24.2 Å². The van der Waals surface area contributed by atoms with Crippen molar-refractivity contribution in [2.75, 3.05) is 18.4 Å². The van der Waals surface area contributed by atoms with Crippen LogP contribution in [0.4, 0.5) is 5.69 Å². The molecule has 1 spiro atoms. The Bertz CT molecular complexity index is 822. The number of carbonyl (C=O) groups excluding carboxylic acids is 3. The fourth-order valence-electron chi connectivity index (χ4n) is 5.76. The molecule has 0 radical (unpaired) electrons. The third kappa shape index (κ3) is 1.68. The van der Waals surface area contributed by atoms with Crippen LogP contribution in [-0.4, -0.2) is 46.7 Å². The van der Waals surface area contributed by atoms with Crippen LogP contribution in [0, 0.1) is 11.8 Å². The second kappa shape index (κ2) is 5.39. The zero-order valence-electron chi connectivity index (χ0n) is 14.9. The Morgan fingerprint density at radius 2 is 2.00 bits per heavy atom. The van der Waals surface area contributed by atoms with Crippen LogP contribution >= 0.6 is 0 Å². The Kier molecular flexibility index (Phi) is 3.32. The first kappa shape index (κ1) is 16.0. The van der Waals surface area contributed by atoms with Gasteiger partial charge in [-0.2, -0.15) is 0 Å². The summed E-state index contributed by atoms with van der Waals surface area (Å²) in [7, 11) is 0. The number of amides is 3. The van der Waals surface area contributed by atoms with Gasteiger partial charge in [0, 0.05) is 23.8 Å². The Labute approximate surface area is 152 Å². The molecule has 1 aromatic rings. The predicted octanol–water partition coefficient (Wildman–Crippen LogP) is 1.71. The van der Waals surface area contributed by atoms with Crippen LogP contribution in [0.5, 0.6) is 0 Å². The fourth-order valence-corrected chi connectivity index (χ4v) is 5.76. The number of fused-ring (bicyclic) bond motifs is 7. The summed E-state index contributed by atoms with van der Waals surface area (Å²) in [4.78, 5) is 43.4. The van der Waals surface area contributed by atoms with Gasteiger partial charge in [-0.15, -0.1) is 0 Å². The van der Waals surface area contributed by atoms with E-state index in [1.54, 1.807) is 0 Å². The topological polar surface area (TPSA) is 69.7 Å². The average molecular weight is 353 g/mol. The number of benzene rings is 1. The van der Waals surface area contributed by atoms with Crippen molar-refractivity contribution in [1.29, 1.82) is 0 Å². The normalized spacial score (nSPS) is 35.2. The molecule has 0 aliphatic carbocycles. The molecule has 4 aliphatic heterocycles. The van der Waals surface area contributed by atoms with E-state index in [-0.39, 0.29) is 23.8 Å². The Morgan fingerprint density at radius 1 is 1.19 bits per heavy atom. The van der Waals surface area contributed by atoms with Gasteiger partial charge in [0.1, 0.15) is 5.54 Å². The number of imide groups is 1. The fraction of sp³-hybridized carbons (Fsp3) is 0.550. The van der Waals surface area contributed by atoms with Crippen LogP contribution in [0.3, 0.4) is 0 Å². The summed E-state index contributed by atoms with van der Waals surface area (Å²) < 4.78 is 0. The first-order valence-corrected chi connectivity index (χ1v) is 9.65. The van der Waals surface area contributed by atoms with Crippen molar-refractivity contribution in [3.8, 4) is 0 Å². The lowest BCUT2D eigenvalue weighted by Crippen LogP contribution is -2.54. The number of hydrogen-bond donors (Lipinski definition) is 1. The summed E-state index contributed by atoms with van der Waals surface area (Å²) in [6.45, 7) is 3.27. The van der Waals surface area contributed by atoms with Gasteiger partial charge in [0.05, 0.1) is 11.8 Å². The van der Waals surface area contributed by atoms with E-state index < -0.39 is 17.4 Å². The number of anilines is 1. The maximum Gasteiger partial charge on any atom is 0.250 e. The van der Waals surface area contributed by atoms with Gasteiger partial charge in [-0.25, -0.2) is 0 Å². The zero-order valence-corrected chi connectivity index (χ0v) is 14.9. The number of hydrogen-bond acceptors (Lipinski definition) is 4. The Balaban J connectivity index is 1.68. The van der Waals surface area contributed by atoms with Crippen molar-refractivity contribution in [1.82, 2.24) is 9.80 Å². The molecule has 0 aromatic heterocycles. The van der Waals surface area contributed by atoms with Crippen LogP contribution in [0.2, 0.25) is 0 Å². The number of carbonyl (C=O) groups is 3. The minimum absolute atomic E-state index is 0.0139. The number of likely N-dealkylation sites (tertiary alicyclic amines) is 1. The summed E-state index contributed by atoms with van der Waals surface area (Å²) in [5.74, 6) is -1.36. The highest BCUT2D eigenvalue weighted by Crippen LogP contribution is 2.60. The quantitative estimate of drug-likeness (QED) is 0.840. The largest absolute Gasteiger partial charge is 0.324 e. The second-order valence-electron chi connectivity index (χ2n) is 7.85. The molecule has 1 aromatic carbocycles. The smallest absolute Gasteiger partial charge is 0.250 e. The highest BCUT2D eigenvalue weighted by Gasteiger charge is 2.74. The number of unbranched alkanes of at least 4 members (excludes halogenated alkanes) is 1. The molecule has 3 fully saturated rings. The van der Waals surface area contributed by atoms with Crippen molar-refractivity contribution in [2.45, 2.75) is 44.2 Å². The Morgan fingerprint density at radius 3 is 2.81 bits per heavy atom. The van der Waals surface area contributed by atoms with Crippen molar-refractivity contribution in [2.24, 2.45) is 11.8 Å². The molecule has 6 heteroatoms. The summed E-state index contributed by atoms with van der Waals surface area (Å²) in [5, 5.41) is 2.99. The number of rotatable bonds is 3. The van der Waals surface area contributed by atoms with Crippen LogP contribution in [0.1, 0.15) is 38.2 Å². The van der Waals surface area contributed by atoms with E-state index >= 15 is 0 Å². The van der Waals surface area contributed by atoms with Crippen LogP contribution in [0.25, 0.3) is 0 Å². The van der Waals surface area contributed by atoms with E-state index in [9.17, 15) is 14.4 Å². The van der Waals surface area contributed by atoms with E-state index in [2.05, 4.69) is 10.2 Å². The van der Waals surface area contributed by atoms with Gasteiger partial charge in [-0.05, 0) is 31.9 Å². The van der Waals surface area contributed by atoms with E-state index in [1.807, 2.05) is 31.2 Å². The molecule has 26 heavy (non-hydrogen) atoms. The summed E-state index contributed by atoms with van der Waals surface area (Å²) in [5.41, 5.74) is 0.620. The summed E-state index contributed by atoms with van der Waals surface area (Å²) >= 11 is 0. The minimum atomic E-state index is -1.02. The monoisotopic (exact) mass is 353 g/mol. The molecule has 3 saturated heterocycles. The predicted molar refractivity (Wildman–Crippen MR) is 95.1 cm³/mol. The van der Waals surface area contributed by atoms with Gasteiger partial charge in [0.2, 0.25) is 17.7 Å². The lowest BCUT2D eigenvalue weighted by molar-refractivity contribution is -0.145. The van der Waals surface area contributed by atoms with E-state index in [4.69, 9.17) is 0 Å². The van der Waals surface area contributed by atoms with Crippen LogP contribution in [0.15, 0.2) is 24.3 Å². The molecule has 1 N–H and O–H groups in total. The second-order valence-corrected chi connectivity index (χ2v) is 7.85. The zero-order chi connectivity index (χ0) is 18.1. The molecular formula is C20H23N3O3. The average Bonchev–Trinajstić information content (AvgIpc) is 3.33. The van der Waals surface area contributed by atoms with Crippen LogP contribution < -0.4 is 5.32 Å². The first-order valence-electron chi connectivity index (χ1n) is 9.65. The molecule has 0 bridgehead atoms. The molecule has 136 valence electrons. The van der Waals surface area contributed by atoms with E-state index in [0.29, 0.717) is 6.54 Å². The lowest BCUT2D eigenvalue weighted by atomic mass is 9.75. The third-order valence-corrected chi connectivity index (χ3v) is 6.73. The van der Waals surface area contributed by atoms with Crippen LogP contribution in [-0.2, 0) is 19.9 Å². The number of para-hydroxylation sites is 1. The Hall–Kier alpha value is -2.21. The van der Waals surface area contributed by atoms with E-state index in [0.717, 1.165) is 43.5 Å². The van der Waals surface area contributed by atoms with Gasteiger partial charge in [-0.1, -0.05) is 31.5 Å². The van der Waals surface area contributed by atoms with Gasteiger partial charge in [0.15, 0.2) is 0 Å². The highest BCUT2D eigenvalue weighted by atomic mass is 16.2. The van der Waals surface area contributed by atoms with Crippen molar-refractivity contribution in [3.05, 3.63) is 29.8 Å². The maximum absolute atomic E-state index is 13.3. The highest BCUT2D eigenvalue weighted by molar-refractivity contribution is 6.15. The molecule has 0 unspecified atom stereocenters. The summed E-state index contributed by atoms with van der Waals surface area (Å²) in [6, 6.07) is 7.62. The number of nitrogens with one attached hydrogen (secondary N) is 1. The molecule has 4 atom stereocenters. The van der Waals surface area contributed by atoms with Gasteiger partial charge >= 0.3 is 0 Å². The standard InChI is InChI=1S/C20H23N3O3/c1-2-3-10-22-17(24)15-14-9-6-11-23(14)20(16(15)18(22)25)12-7-4-5-8-13(12)21-19(20)26/h4-5,7-8,14-16H,2-3,6,9-11H2,1H3,(H,21,26)/t14-,15-,16+,20-/m1/s1. The SMILES string of the molecule is CCCCN1C(=O)[C@@H]2[C@H]3CCCN3[C@@]3(C(=O)Nc4ccccc43)[C@@H]2C1=O. The van der Waals surface area contributed by atoms with Gasteiger partial charge in [0.25, 0.3) is 0 Å². The number of nitrogens with zero attached hydrogens (tertiary/aromatic N) is 2. The molecule has 5 rings (SSSR count). The van der Waals surface area contributed by atoms with Crippen molar-refractivity contribution >= 4 is 23.4 Å². The molecule has 6 nitrogen and oxygen atoms in total. The van der Waals surface area contributed by atoms with Crippen molar-refractivity contribution < 1.29 is 14.4 Å². The maximum atomic E-state index is 13.3. The molecule has 0 saturated carbocycles. The van der Waals surface area contributed by atoms with Crippen molar-refractivity contribution in [3.63, 3.8) is 0 Å². The third-order valence-electron chi connectivity index (χ3n) is 6.73. The van der Waals surface area contributed by atoms with E-state index in [1.165, 1.54) is 4.90 Å². The molecule has 3 amide bonds. The summed E-state index contributed by atoms with van der Waals surface area (Å²) in [6.07, 6.45) is 3.57. The first-order chi connectivity index (χ1) is 12.6. The molecule has 4 heterocycles. The lowest BCUT2D eigenvalue weighted by Gasteiger charge is -2.36. The van der Waals surface area contributed by atoms with Gasteiger partial charge < -0.3 is 5.32 Å². The molecular weight excluding hydrogens is 330 g/mol. The minimum Gasteiger partial charge on any atom is -0.324 e. The molecule has 4 aliphatic rings.